The van der Waals surface area contributed by atoms with Crippen LogP contribution in [-0.4, -0.2) is 45.7 Å². The molecule has 1 amide bonds. The van der Waals surface area contributed by atoms with Crippen molar-refractivity contribution in [3.63, 3.8) is 0 Å². The third-order valence-electron chi connectivity index (χ3n) is 7.35. The van der Waals surface area contributed by atoms with Crippen LogP contribution in [0.25, 0.3) is 0 Å². The Hall–Kier alpha value is -3.60. The summed E-state index contributed by atoms with van der Waals surface area (Å²) in [5.41, 5.74) is -0.953. The molecule has 0 aliphatic carbocycles. The third-order valence-corrected chi connectivity index (χ3v) is 7.85. The summed E-state index contributed by atoms with van der Waals surface area (Å²) in [4.78, 5) is 44.1. The number of hydrogen-bond donors (Lipinski definition) is 1. The van der Waals surface area contributed by atoms with Crippen LogP contribution in [0.5, 0.6) is 5.75 Å². The number of anilines is 1. The molecule has 39 heavy (non-hydrogen) atoms. The Kier molecular flexibility index (Phi) is 7.28. The Bertz CT molecular complexity index is 1470. The average molecular weight is 573 g/mol. The van der Waals surface area contributed by atoms with Crippen LogP contribution in [0, 0.1) is 15.9 Å². The normalized spacial score (nSPS) is 24.0. The van der Waals surface area contributed by atoms with Gasteiger partial charge in [-0.05, 0) is 42.8 Å². The van der Waals surface area contributed by atoms with Gasteiger partial charge in [-0.3, -0.25) is 19.8 Å². The number of ether oxygens (including phenoxy) is 1. The molecule has 0 unspecified atom stereocenters. The van der Waals surface area contributed by atoms with E-state index in [1.54, 1.807) is 35.2 Å². The molecule has 202 valence electrons. The quantitative estimate of drug-likeness (QED) is 0.175. The van der Waals surface area contributed by atoms with Crippen LogP contribution in [-0.2, 0) is 21.7 Å². The van der Waals surface area contributed by atoms with Gasteiger partial charge in [-0.25, -0.2) is 9.37 Å². The summed E-state index contributed by atoms with van der Waals surface area (Å²) in [6.45, 7) is 2.27. The molecule has 0 bridgehead atoms. The summed E-state index contributed by atoms with van der Waals surface area (Å²) in [7, 11) is 0. The Labute approximate surface area is 233 Å². The van der Waals surface area contributed by atoms with E-state index < -0.39 is 40.2 Å². The molecular weight excluding hydrogens is 550 g/mol. The average Bonchev–Trinajstić information content (AvgIpc) is 3.33. The molecule has 4 atom stereocenters. The fraction of sp³-hybridized carbons (Fsp3) is 0.296. The lowest BCUT2D eigenvalue weighted by molar-refractivity contribution is -0.528. The number of carbonyl (C=O) groups is 2. The minimum absolute atomic E-state index is 0.0118. The van der Waals surface area contributed by atoms with Crippen LogP contribution in [0.1, 0.15) is 36.0 Å². The van der Waals surface area contributed by atoms with Crippen molar-refractivity contribution in [1.82, 2.24) is 9.88 Å². The zero-order valence-electron chi connectivity index (χ0n) is 20.6. The highest BCUT2D eigenvalue weighted by atomic mass is 35.5. The maximum absolute atomic E-state index is 15.7. The molecule has 2 aromatic carbocycles. The van der Waals surface area contributed by atoms with Crippen molar-refractivity contribution >= 4 is 41.2 Å². The molecule has 5 rings (SSSR count). The van der Waals surface area contributed by atoms with Gasteiger partial charge in [0, 0.05) is 29.0 Å². The van der Waals surface area contributed by atoms with Crippen molar-refractivity contribution in [3.05, 3.63) is 97.4 Å². The molecule has 2 aliphatic heterocycles. The number of carbonyl (C=O) groups excluding carboxylic acids is 2. The first-order valence-electron chi connectivity index (χ1n) is 12.2. The molecule has 1 fully saturated rings. The van der Waals surface area contributed by atoms with Crippen LogP contribution in [0.4, 0.5) is 10.2 Å². The van der Waals surface area contributed by atoms with Gasteiger partial charge in [-0.1, -0.05) is 47.5 Å². The van der Waals surface area contributed by atoms with Crippen LogP contribution in [0.3, 0.4) is 0 Å². The van der Waals surface area contributed by atoms with Gasteiger partial charge in [0.25, 0.3) is 5.91 Å². The second-order valence-corrected chi connectivity index (χ2v) is 10.1. The van der Waals surface area contributed by atoms with E-state index in [1.165, 1.54) is 24.3 Å². The fourth-order valence-electron chi connectivity index (χ4n) is 5.99. The molecule has 1 N–H and O–H groups in total. The van der Waals surface area contributed by atoms with Gasteiger partial charge >= 0.3 is 0 Å². The predicted molar refractivity (Wildman–Crippen MR) is 142 cm³/mol. The first-order valence-corrected chi connectivity index (χ1v) is 13.0. The van der Waals surface area contributed by atoms with E-state index in [0.717, 1.165) is 0 Å². The molecule has 12 heteroatoms. The summed E-state index contributed by atoms with van der Waals surface area (Å²) >= 11 is 12.2. The maximum Gasteiger partial charge on any atom is 0.251 e. The van der Waals surface area contributed by atoms with E-state index in [1.807, 2.05) is 6.92 Å². The van der Waals surface area contributed by atoms with Gasteiger partial charge in [0.1, 0.15) is 34.4 Å². The van der Waals surface area contributed by atoms with Gasteiger partial charge in [-0.15, -0.1) is 0 Å². The Morgan fingerprint density at radius 1 is 1.23 bits per heavy atom. The largest absolute Gasteiger partial charge is 0.494 e. The number of hydrogen-bond acceptors (Lipinski definition) is 7. The molecule has 0 radical (unpaired) electrons. The Morgan fingerprint density at radius 3 is 2.72 bits per heavy atom. The van der Waals surface area contributed by atoms with E-state index in [-0.39, 0.29) is 34.5 Å². The first kappa shape index (κ1) is 27.0. The Balaban J connectivity index is 1.81. The summed E-state index contributed by atoms with van der Waals surface area (Å²) in [5.74, 6) is -2.19. The van der Waals surface area contributed by atoms with Crippen molar-refractivity contribution in [2.24, 2.45) is 0 Å². The number of aldehydes is 1. The van der Waals surface area contributed by atoms with Crippen LogP contribution >= 0.6 is 23.2 Å². The zero-order valence-corrected chi connectivity index (χ0v) is 22.2. The number of pyridine rings is 1. The number of fused-ring (bicyclic) bond motifs is 2. The second kappa shape index (κ2) is 10.5. The van der Waals surface area contributed by atoms with Crippen LogP contribution in [0.15, 0.2) is 54.6 Å². The highest BCUT2D eigenvalue weighted by Gasteiger charge is 2.71. The SMILES string of the molecule is CCOc1cccc(CN2[C@@H](CC=O)[C@@H]([N+](=O)[O-])[C@H](c3cccc(Cl)c3F)[C@]23C(=O)Nc2nc(Cl)ccc23)c1. The molecule has 3 aromatic rings. The van der Waals surface area contributed by atoms with Gasteiger partial charge in [0.15, 0.2) is 0 Å². The number of nitrogens with one attached hydrogen (secondary N) is 1. The van der Waals surface area contributed by atoms with E-state index in [0.29, 0.717) is 29.8 Å². The lowest BCUT2D eigenvalue weighted by Gasteiger charge is -2.38. The van der Waals surface area contributed by atoms with Crippen molar-refractivity contribution in [1.29, 1.82) is 0 Å². The number of halogens is 3. The molecule has 9 nitrogen and oxygen atoms in total. The Morgan fingerprint density at radius 2 is 2.00 bits per heavy atom. The molecule has 1 aromatic heterocycles. The molecule has 2 aliphatic rings. The lowest BCUT2D eigenvalue weighted by Crippen LogP contribution is -2.51. The van der Waals surface area contributed by atoms with Crippen molar-refractivity contribution in [2.75, 3.05) is 11.9 Å². The first-order chi connectivity index (χ1) is 18.7. The lowest BCUT2D eigenvalue weighted by atomic mass is 9.74. The van der Waals surface area contributed by atoms with Gasteiger partial charge in [0.05, 0.1) is 23.6 Å². The second-order valence-electron chi connectivity index (χ2n) is 9.33. The van der Waals surface area contributed by atoms with Crippen LogP contribution < -0.4 is 10.1 Å². The standard InChI is InChI=1S/C27H23Cl2FN4O5/c1-2-39-16-6-3-5-15(13-16)14-33-20(11-12-35)24(34(37)38)22(17-7-4-8-19(28)23(17)30)27(33)18-9-10-21(29)31-25(18)32-26(27)36/h3-10,12-13,20,22,24H,2,11,14H2,1H3,(H,31,32,36)/t20-,22-,24+,27+/m0/s1. The fourth-order valence-corrected chi connectivity index (χ4v) is 6.32. The third kappa shape index (κ3) is 4.32. The number of amides is 1. The molecular formula is C27H23Cl2FN4O5. The number of nitrogens with zero attached hydrogens (tertiary/aromatic N) is 3. The molecule has 0 saturated carbocycles. The summed E-state index contributed by atoms with van der Waals surface area (Å²) < 4.78 is 21.3. The maximum atomic E-state index is 15.7. The molecule has 1 spiro atoms. The van der Waals surface area contributed by atoms with Gasteiger partial charge in [0.2, 0.25) is 6.04 Å². The monoisotopic (exact) mass is 572 g/mol. The highest BCUT2D eigenvalue weighted by Crippen LogP contribution is 2.58. The van der Waals surface area contributed by atoms with Crippen molar-refractivity contribution in [3.8, 4) is 5.75 Å². The minimum atomic E-state index is -1.81. The molecule has 1 saturated heterocycles. The summed E-state index contributed by atoms with van der Waals surface area (Å²) in [5, 5.41) is 15.3. The van der Waals surface area contributed by atoms with Gasteiger partial charge < -0.3 is 14.8 Å². The number of rotatable bonds is 8. The molecule has 3 heterocycles. The van der Waals surface area contributed by atoms with E-state index in [9.17, 15) is 19.7 Å². The summed E-state index contributed by atoms with van der Waals surface area (Å²) in [6.07, 6.45) is 0.296. The van der Waals surface area contributed by atoms with Crippen molar-refractivity contribution < 1.29 is 23.6 Å². The van der Waals surface area contributed by atoms with Crippen LogP contribution in [0.2, 0.25) is 10.2 Å². The van der Waals surface area contributed by atoms with E-state index in [2.05, 4.69) is 10.3 Å². The minimum Gasteiger partial charge on any atom is -0.494 e. The number of nitro groups is 1. The summed E-state index contributed by atoms with van der Waals surface area (Å²) in [6, 6.07) is 11.7. The van der Waals surface area contributed by atoms with E-state index in [4.69, 9.17) is 27.9 Å². The number of likely N-dealkylation sites (tertiary alicyclic amines) is 1. The smallest absolute Gasteiger partial charge is 0.251 e. The van der Waals surface area contributed by atoms with Crippen molar-refractivity contribution in [2.45, 2.75) is 43.4 Å². The zero-order chi connectivity index (χ0) is 27.9. The number of benzene rings is 2. The number of aromatic nitrogens is 1. The van der Waals surface area contributed by atoms with E-state index >= 15 is 4.39 Å². The highest BCUT2D eigenvalue weighted by molar-refractivity contribution is 6.31. The predicted octanol–water partition coefficient (Wildman–Crippen LogP) is 4.98. The van der Waals surface area contributed by atoms with Gasteiger partial charge in [-0.2, -0.15) is 0 Å². The topological polar surface area (TPSA) is 115 Å².